The highest BCUT2D eigenvalue weighted by atomic mass is 19.1. The van der Waals surface area contributed by atoms with Crippen molar-refractivity contribution in [1.29, 1.82) is 0 Å². The maximum atomic E-state index is 13.8. The Kier molecular flexibility index (Phi) is 3.33. The van der Waals surface area contributed by atoms with Crippen molar-refractivity contribution < 1.29 is 18.8 Å². The fourth-order valence-electron chi connectivity index (χ4n) is 2.11. The van der Waals surface area contributed by atoms with Crippen LogP contribution in [0.25, 0.3) is 0 Å². The van der Waals surface area contributed by atoms with Gasteiger partial charge < -0.3 is 0 Å². The van der Waals surface area contributed by atoms with E-state index in [1.165, 1.54) is 32.0 Å². The first-order chi connectivity index (χ1) is 9.26. The van der Waals surface area contributed by atoms with Gasteiger partial charge in [-0.25, -0.2) is 9.18 Å². The Morgan fingerprint density at radius 1 is 1.20 bits per heavy atom. The first-order valence-electron chi connectivity index (χ1n) is 6.20. The van der Waals surface area contributed by atoms with E-state index in [0.717, 1.165) is 4.90 Å². The van der Waals surface area contributed by atoms with Crippen LogP contribution in [0.5, 0.6) is 0 Å². The molecule has 0 saturated carbocycles. The van der Waals surface area contributed by atoms with E-state index in [1.54, 1.807) is 13.0 Å². The Bertz CT molecular complexity index is 598. The van der Waals surface area contributed by atoms with Crippen LogP contribution in [0.4, 0.5) is 9.18 Å². The Hall–Kier alpha value is -2.24. The van der Waals surface area contributed by atoms with Crippen LogP contribution in [0.2, 0.25) is 0 Å². The second kappa shape index (κ2) is 4.70. The molecule has 1 aliphatic heterocycles. The van der Waals surface area contributed by atoms with E-state index in [0.29, 0.717) is 0 Å². The third-order valence-corrected chi connectivity index (χ3v) is 3.50. The molecule has 20 heavy (non-hydrogen) atoms. The number of halogens is 1. The number of benzene rings is 1. The van der Waals surface area contributed by atoms with E-state index in [2.05, 4.69) is 5.32 Å². The van der Waals surface area contributed by atoms with Crippen LogP contribution in [0.1, 0.15) is 32.4 Å². The van der Waals surface area contributed by atoms with Gasteiger partial charge in [-0.15, -0.1) is 0 Å². The molecule has 106 valence electrons. The second-order valence-corrected chi connectivity index (χ2v) is 5.26. The van der Waals surface area contributed by atoms with Gasteiger partial charge in [-0.05, 0) is 26.8 Å². The summed E-state index contributed by atoms with van der Waals surface area (Å²) in [6.45, 7) is 4.40. The number of carbonyl (C=O) groups is 3. The molecule has 0 spiro atoms. The summed E-state index contributed by atoms with van der Waals surface area (Å²) >= 11 is 0. The minimum Gasteiger partial charge on any atom is -0.277 e. The van der Waals surface area contributed by atoms with Crippen LogP contribution >= 0.6 is 0 Å². The van der Waals surface area contributed by atoms with Gasteiger partial charge in [-0.1, -0.05) is 18.2 Å². The average Bonchev–Trinajstić information content (AvgIpc) is 2.37. The summed E-state index contributed by atoms with van der Waals surface area (Å²) in [5.74, 6) is -1.79. The lowest BCUT2D eigenvalue weighted by atomic mass is 9.87. The van der Waals surface area contributed by atoms with Gasteiger partial charge in [0.1, 0.15) is 11.2 Å². The molecule has 1 saturated heterocycles. The highest BCUT2D eigenvalue weighted by molar-refractivity contribution is 6.18. The number of carbonyl (C=O) groups excluding carboxylic acids is 3. The molecule has 1 unspecified atom stereocenters. The predicted octanol–water partition coefficient (Wildman–Crippen LogP) is 1.99. The zero-order valence-corrected chi connectivity index (χ0v) is 11.4. The molecule has 0 bridgehead atoms. The van der Waals surface area contributed by atoms with Crippen LogP contribution in [0.15, 0.2) is 24.3 Å². The minimum atomic E-state index is -1.35. The molecule has 1 N–H and O–H groups in total. The van der Waals surface area contributed by atoms with E-state index in [9.17, 15) is 18.8 Å². The Morgan fingerprint density at radius 3 is 2.40 bits per heavy atom. The molecule has 1 heterocycles. The Morgan fingerprint density at radius 2 is 1.80 bits per heavy atom. The number of nitrogens with one attached hydrogen (secondary N) is 1. The third-order valence-electron chi connectivity index (χ3n) is 3.50. The average molecular weight is 278 g/mol. The van der Waals surface area contributed by atoms with Gasteiger partial charge in [-0.2, -0.15) is 0 Å². The SMILES string of the molecule is CC(c1ccccc1F)N1C(=O)NC(=O)C(C)(C)C1=O. The van der Waals surface area contributed by atoms with Crippen molar-refractivity contribution in [3.05, 3.63) is 35.6 Å². The zero-order chi connectivity index (χ0) is 15.1. The molecule has 2 rings (SSSR count). The van der Waals surface area contributed by atoms with Crippen LogP contribution in [-0.2, 0) is 9.59 Å². The van der Waals surface area contributed by atoms with Crippen LogP contribution in [0.3, 0.4) is 0 Å². The topological polar surface area (TPSA) is 66.5 Å². The van der Waals surface area contributed by atoms with Crippen molar-refractivity contribution >= 4 is 17.8 Å². The van der Waals surface area contributed by atoms with Crippen LogP contribution in [-0.4, -0.2) is 22.7 Å². The lowest BCUT2D eigenvalue weighted by molar-refractivity contribution is -0.150. The summed E-state index contributed by atoms with van der Waals surface area (Å²) in [5, 5.41) is 2.12. The lowest BCUT2D eigenvalue weighted by Crippen LogP contribution is -2.62. The van der Waals surface area contributed by atoms with Crippen molar-refractivity contribution in [3.8, 4) is 0 Å². The van der Waals surface area contributed by atoms with Crippen molar-refractivity contribution in [1.82, 2.24) is 10.2 Å². The number of amides is 4. The van der Waals surface area contributed by atoms with Crippen molar-refractivity contribution in [2.75, 3.05) is 0 Å². The molecule has 0 aliphatic carbocycles. The first-order valence-corrected chi connectivity index (χ1v) is 6.20. The molecule has 6 heteroatoms. The van der Waals surface area contributed by atoms with Gasteiger partial charge in [0.2, 0.25) is 11.8 Å². The predicted molar refractivity (Wildman–Crippen MR) is 69.0 cm³/mol. The van der Waals surface area contributed by atoms with Gasteiger partial charge in [0.15, 0.2) is 0 Å². The molecule has 5 nitrogen and oxygen atoms in total. The first kappa shape index (κ1) is 14.2. The smallest absolute Gasteiger partial charge is 0.277 e. The van der Waals surface area contributed by atoms with Gasteiger partial charge in [0, 0.05) is 5.56 Å². The standard InChI is InChI=1S/C14H15FN2O3/c1-8(9-6-4-5-7-10(9)15)17-12(19)14(2,3)11(18)16-13(17)20/h4-8H,1-3H3,(H,16,18,20). The summed E-state index contributed by atoms with van der Waals surface area (Å²) < 4.78 is 13.8. The minimum absolute atomic E-state index is 0.223. The Balaban J connectivity index is 2.41. The van der Waals surface area contributed by atoms with Crippen molar-refractivity contribution in [3.63, 3.8) is 0 Å². The number of rotatable bonds is 2. The quantitative estimate of drug-likeness (QED) is 0.841. The molecule has 4 amide bonds. The summed E-state index contributed by atoms with van der Waals surface area (Å²) in [5.41, 5.74) is -1.13. The van der Waals surface area contributed by atoms with Crippen molar-refractivity contribution in [2.45, 2.75) is 26.8 Å². The second-order valence-electron chi connectivity index (χ2n) is 5.26. The van der Waals surface area contributed by atoms with Crippen LogP contribution in [0, 0.1) is 11.2 Å². The van der Waals surface area contributed by atoms with E-state index < -0.39 is 35.1 Å². The lowest BCUT2D eigenvalue weighted by Gasteiger charge is -2.38. The summed E-state index contributed by atoms with van der Waals surface area (Å²) in [4.78, 5) is 36.7. The third kappa shape index (κ3) is 2.07. The van der Waals surface area contributed by atoms with Gasteiger partial charge in [0.05, 0.1) is 6.04 Å². The van der Waals surface area contributed by atoms with E-state index in [-0.39, 0.29) is 5.56 Å². The highest BCUT2D eigenvalue weighted by Gasteiger charge is 2.48. The van der Waals surface area contributed by atoms with E-state index >= 15 is 0 Å². The number of imide groups is 2. The molecule has 0 radical (unpaired) electrons. The number of hydrogen-bond donors (Lipinski definition) is 1. The summed E-state index contributed by atoms with van der Waals surface area (Å²) in [7, 11) is 0. The molecule has 1 aromatic rings. The number of urea groups is 1. The normalized spacial score (nSPS) is 19.8. The number of nitrogens with zero attached hydrogens (tertiary/aromatic N) is 1. The maximum Gasteiger partial charge on any atom is 0.331 e. The largest absolute Gasteiger partial charge is 0.331 e. The highest BCUT2D eigenvalue weighted by Crippen LogP contribution is 2.31. The summed E-state index contributed by atoms with van der Waals surface area (Å²) in [6, 6.07) is 4.29. The van der Waals surface area contributed by atoms with Crippen LogP contribution < -0.4 is 5.32 Å². The van der Waals surface area contributed by atoms with Gasteiger partial charge >= 0.3 is 6.03 Å². The van der Waals surface area contributed by atoms with E-state index in [4.69, 9.17) is 0 Å². The van der Waals surface area contributed by atoms with Gasteiger partial charge in [-0.3, -0.25) is 19.8 Å². The molecule has 1 fully saturated rings. The van der Waals surface area contributed by atoms with Crippen molar-refractivity contribution in [2.24, 2.45) is 5.41 Å². The molecule has 1 aromatic carbocycles. The monoisotopic (exact) mass is 278 g/mol. The number of barbiturate groups is 1. The zero-order valence-electron chi connectivity index (χ0n) is 11.4. The molecular weight excluding hydrogens is 263 g/mol. The number of hydrogen-bond acceptors (Lipinski definition) is 3. The molecule has 1 atom stereocenters. The summed E-state index contributed by atoms with van der Waals surface area (Å²) in [6.07, 6.45) is 0. The maximum absolute atomic E-state index is 13.8. The molecular formula is C14H15FN2O3. The van der Waals surface area contributed by atoms with E-state index in [1.807, 2.05) is 0 Å². The molecule has 1 aliphatic rings. The molecule has 0 aromatic heterocycles. The van der Waals surface area contributed by atoms with Gasteiger partial charge in [0.25, 0.3) is 0 Å². The fraction of sp³-hybridized carbons (Fsp3) is 0.357. The fourth-order valence-corrected chi connectivity index (χ4v) is 2.11. The Labute approximate surface area is 115 Å².